The summed E-state index contributed by atoms with van der Waals surface area (Å²) in [6, 6.07) is 0. The molecule has 0 aromatic carbocycles. The SMILES string of the molecule is CCC1(C)C=C(Br)C(C(=O)O)=CC1C(=O)O. The van der Waals surface area contributed by atoms with Crippen LogP contribution in [0.3, 0.4) is 0 Å². The van der Waals surface area contributed by atoms with Gasteiger partial charge in [-0.25, -0.2) is 4.79 Å². The van der Waals surface area contributed by atoms with Gasteiger partial charge >= 0.3 is 11.9 Å². The second kappa shape index (κ2) is 4.41. The Morgan fingerprint density at radius 1 is 1.50 bits per heavy atom. The van der Waals surface area contributed by atoms with Gasteiger partial charge in [0.2, 0.25) is 0 Å². The summed E-state index contributed by atoms with van der Waals surface area (Å²) in [7, 11) is 0. The van der Waals surface area contributed by atoms with Crippen LogP contribution in [0.1, 0.15) is 20.3 Å². The molecule has 1 aliphatic rings. The van der Waals surface area contributed by atoms with E-state index in [9.17, 15) is 9.59 Å². The molecule has 4 nitrogen and oxygen atoms in total. The van der Waals surface area contributed by atoms with Crippen molar-refractivity contribution in [3.8, 4) is 0 Å². The molecule has 2 N–H and O–H groups in total. The first kappa shape index (κ1) is 13.0. The summed E-state index contributed by atoms with van der Waals surface area (Å²) in [5.74, 6) is -2.92. The molecular formula is C11H13BrO4. The molecule has 5 heteroatoms. The highest BCUT2D eigenvalue weighted by Gasteiger charge is 2.39. The summed E-state index contributed by atoms with van der Waals surface area (Å²) in [6.07, 6.45) is 3.61. The molecule has 0 fully saturated rings. The molecule has 0 radical (unpaired) electrons. The lowest BCUT2D eigenvalue weighted by molar-refractivity contribution is -0.143. The van der Waals surface area contributed by atoms with Crippen molar-refractivity contribution >= 4 is 27.9 Å². The summed E-state index contributed by atoms with van der Waals surface area (Å²) in [4.78, 5) is 22.0. The van der Waals surface area contributed by atoms with Gasteiger partial charge in [-0.1, -0.05) is 41.9 Å². The number of carboxylic acids is 2. The minimum atomic E-state index is -1.12. The molecule has 2 unspecified atom stereocenters. The molecule has 0 aromatic rings. The van der Waals surface area contributed by atoms with E-state index in [2.05, 4.69) is 15.9 Å². The van der Waals surface area contributed by atoms with Gasteiger partial charge in [0.1, 0.15) is 0 Å². The van der Waals surface area contributed by atoms with E-state index in [-0.39, 0.29) is 5.57 Å². The second-order valence-corrected chi connectivity index (χ2v) is 4.91. The predicted octanol–water partition coefficient (Wildman–Crippen LogP) is 2.41. The molecule has 0 saturated heterocycles. The Kier molecular flexibility index (Phi) is 3.57. The standard InChI is InChI=1S/C11H13BrO4/c1-3-11(2)5-8(12)6(9(13)14)4-7(11)10(15)16/h4-5,7H,3H2,1-2H3,(H,13,14)(H,15,16). The number of allylic oxidation sites excluding steroid dienone is 1. The van der Waals surface area contributed by atoms with Gasteiger partial charge in [0, 0.05) is 9.90 Å². The normalized spacial score (nSPS) is 29.3. The van der Waals surface area contributed by atoms with Gasteiger partial charge in [-0.05, 0) is 6.42 Å². The van der Waals surface area contributed by atoms with Crippen molar-refractivity contribution in [1.29, 1.82) is 0 Å². The van der Waals surface area contributed by atoms with Crippen LogP contribution in [-0.4, -0.2) is 22.2 Å². The third kappa shape index (κ3) is 2.19. The van der Waals surface area contributed by atoms with Crippen LogP contribution in [0.15, 0.2) is 22.2 Å². The van der Waals surface area contributed by atoms with Crippen molar-refractivity contribution in [2.24, 2.45) is 11.3 Å². The monoisotopic (exact) mass is 288 g/mol. The first-order chi connectivity index (χ1) is 7.31. The number of hydrogen-bond donors (Lipinski definition) is 2. The molecule has 2 atom stereocenters. The quantitative estimate of drug-likeness (QED) is 0.836. The summed E-state index contributed by atoms with van der Waals surface area (Å²) < 4.78 is 0.446. The fraction of sp³-hybridized carbons (Fsp3) is 0.455. The Morgan fingerprint density at radius 2 is 2.06 bits per heavy atom. The Morgan fingerprint density at radius 3 is 2.44 bits per heavy atom. The van der Waals surface area contributed by atoms with Crippen LogP contribution in [0.2, 0.25) is 0 Å². The average Bonchev–Trinajstić information content (AvgIpc) is 2.16. The minimum absolute atomic E-state index is 0.0123. The maximum Gasteiger partial charge on any atom is 0.336 e. The largest absolute Gasteiger partial charge is 0.481 e. The van der Waals surface area contributed by atoms with E-state index in [1.54, 1.807) is 6.08 Å². The molecule has 1 rings (SSSR count). The van der Waals surface area contributed by atoms with E-state index in [1.807, 2.05) is 13.8 Å². The summed E-state index contributed by atoms with van der Waals surface area (Å²) in [5, 5.41) is 18.0. The Balaban J connectivity index is 3.25. The van der Waals surface area contributed by atoms with E-state index in [0.717, 1.165) is 0 Å². The van der Waals surface area contributed by atoms with Gasteiger partial charge in [0.05, 0.1) is 11.5 Å². The smallest absolute Gasteiger partial charge is 0.336 e. The molecule has 0 spiro atoms. The lowest BCUT2D eigenvalue weighted by Gasteiger charge is -2.33. The van der Waals surface area contributed by atoms with Crippen LogP contribution >= 0.6 is 15.9 Å². The highest BCUT2D eigenvalue weighted by atomic mass is 79.9. The maximum atomic E-state index is 11.1. The van der Waals surface area contributed by atoms with Crippen molar-refractivity contribution in [2.75, 3.05) is 0 Å². The van der Waals surface area contributed by atoms with E-state index >= 15 is 0 Å². The lowest BCUT2D eigenvalue weighted by atomic mass is 9.71. The van der Waals surface area contributed by atoms with Crippen molar-refractivity contribution in [1.82, 2.24) is 0 Å². The summed E-state index contributed by atoms with van der Waals surface area (Å²) in [5.41, 5.74) is -0.540. The number of carbonyl (C=O) groups is 2. The predicted molar refractivity (Wildman–Crippen MR) is 62.3 cm³/mol. The fourth-order valence-corrected chi connectivity index (χ4v) is 2.57. The maximum absolute atomic E-state index is 11.1. The van der Waals surface area contributed by atoms with Crippen molar-refractivity contribution in [3.05, 3.63) is 22.2 Å². The second-order valence-electron chi connectivity index (χ2n) is 4.05. The topological polar surface area (TPSA) is 74.6 Å². The summed E-state index contributed by atoms with van der Waals surface area (Å²) >= 11 is 3.17. The number of aliphatic carboxylic acids is 2. The van der Waals surface area contributed by atoms with Crippen LogP contribution in [-0.2, 0) is 9.59 Å². The van der Waals surface area contributed by atoms with E-state index in [4.69, 9.17) is 10.2 Å². The van der Waals surface area contributed by atoms with Crippen LogP contribution in [0.25, 0.3) is 0 Å². The third-order valence-corrected chi connectivity index (χ3v) is 3.67. The molecule has 0 heterocycles. The number of halogens is 1. The molecule has 0 aliphatic heterocycles. The number of carboxylic acid groups (broad SMARTS) is 2. The molecule has 0 amide bonds. The highest BCUT2D eigenvalue weighted by Crippen LogP contribution is 2.42. The van der Waals surface area contributed by atoms with Crippen molar-refractivity contribution in [3.63, 3.8) is 0 Å². The van der Waals surface area contributed by atoms with Gasteiger partial charge in [0.25, 0.3) is 0 Å². The Labute approximate surface area is 102 Å². The lowest BCUT2D eigenvalue weighted by Crippen LogP contribution is -2.33. The average molecular weight is 289 g/mol. The number of hydrogen-bond acceptors (Lipinski definition) is 2. The minimum Gasteiger partial charge on any atom is -0.481 e. The zero-order valence-corrected chi connectivity index (χ0v) is 10.6. The molecular weight excluding hydrogens is 276 g/mol. The molecule has 16 heavy (non-hydrogen) atoms. The fourth-order valence-electron chi connectivity index (χ4n) is 1.74. The summed E-state index contributed by atoms with van der Waals surface area (Å²) in [6.45, 7) is 3.69. The van der Waals surface area contributed by atoms with Gasteiger partial charge in [-0.2, -0.15) is 0 Å². The van der Waals surface area contributed by atoms with Crippen LogP contribution < -0.4 is 0 Å². The van der Waals surface area contributed by atoms with Gasteiger partial charge < -0.3 is 10.2 Å². The molecule has 1 aliphatic carbocycles. The molecule has 0 aromatic heterocycles. The third-order valence-electron chi connectivity index (χ3n) is 3.02. The van der Waals surface area contributed by atoms with E-state index in [1.165, 1.54) is 6.08 Å². The molecule has 0 saturated carbocycles. The Bertz CT molecular complexity index is 397. The van der Waals surface area contributed by atoms with Gasteiger partial charge in [-0.3, -0.25) is 4.79 Å². The van der Waals surface area contributed by atoms with E-state index in [0.29, 0.717) is 10.9 Å². The first-order valence-electron chi connectivity index (χ1n) is 4.88. The first-order valence-corrected chi connectivity index (χ1v) is 5.67. The van der Waals surface area contributed by atoms with Gasteiger partial charge in [-0.15, -0.1) is 0 Å². The zero-order chi connectivity index (χ0) is 12.5. The number of rotatable bonds is 3. The van der Waals surface area contributed by atoms with E-state index < -0.39 is 23.3 Å². The van der Waals surface area contributed by atoms with Crippen molar-refractivity contribution in [2.45, 2.75) is 20.3 Å². The molecule has 0 bridgehead atoms. The van der Waals surface area contributed by atoms with Crippen molar-refractivity contribution < 1.29 is 19.8 Å². The Hall–Kier alpha value is -1.10. The highest BCUT2D eigenvalue weighted by molar-refractivity contribution is 9.12. The van der Waals surface area contributed by atoms with Crippen LogP contribution in [0.4, 0.5) is 0 Å². The van der Waals surface area contributed by atoms with Gasteiger partial charge in [0.15, 0.2) is 0 Å². The molecule has 88 valence electrons. The van der Waals surface area contributed by atoms with Crippen LogP contribution in [0, 0.1) is 11.3 Å². The van der Waals surface area contributed by atoms with Crippen LogP contribution in [0.5, 0.6) is 0 Å². The zero-order valence-electron chi connectivity index (χ0n) is 9.03.